The van der Waals surface area contributed by atoms with Gasteiger partial charge in [-0.1, -0.05) is 6.07 Å². The normalized spacial score (nSPS) is 12.2. The quantitative estimate of drug-likeness (QED) is 0.848. The molecule has 1 aromatic carbocycles. The number of nitrogens with zero attached hydrogens (tertiary/aromatic N) is 1. The minimum Gasteiger partial charge on any atom is -0.484 e. The number of likely N-dealkylation sites (N-methyl/N-ethyl adjacent to an activating group) is 1. The van der Waals surface area contributed by atoms with Crippen LogP contribution in [0.4, 0.5) is 0 Å². The topological polar surface area (TPSA) is 54.7 Å². The zero-order chi connectivity index (χ0) is 17.7. The number of hydrogen-bond acceptors (Lipinski definition) is 4. The molecule has 2 aromatic rings. The van der Waals surface area contributed by atoms with Gasteiger partial charge in [0, 0.05) is 6.54 Å². The van der Waals surface area contributed by atoms with Crippen molar-refractivity contribution in [3.8, 4) is 5.75 Å². The maximum atomic E-state index is 12.0. The number of hydrogen-bond donors (Lipinski definition) is 1. The van der Waals surface area contributed by atoms with Crippen LogP contribution in [0.5, 0.6) is 5.75 Å². The molecule has 0 spiro atoms. The van der Waals surface area contributed by atoms with Crippen molar-refractivity contribution < 1.29 is 13.9 Å². The minimum absolute atomic E-state index is 0.000167. The Bertz CT molecular complexity index is 692. The molecular formula is C19H26N2O3. The molecule has 2 rings (SSSR count). The summed E-state index contributed by atoms with van der Waals surface area (Å²) in [6, 6.07) is 9.67. The molecule has 1 atom stereocenters. The summed E-state index contributed by atoms with van der Waals surface area (Å²) < 4.78 is 11.2. The van der Waals surface area contributed by atoms with Gasteiger partial charge in [0.2, 0.25) is 0 Å². The van der Waals surface area contributed by atoms with Crippen molar-refractivity contribution in [1.82, 2.24) is 10.2 Å². The van der Waals surface area contributed by atoms with Gasteiger partial charge < -0.3 is 14.5 Å². The predicted octanol–water partition coefficient (Wildman–Crippen LogP) is 3.00. The van der Waals surface area contributed by atoms with Crippen LogP contribution in [0.1, 0.15) is 28.7 Å². The van der Waals surface area contributed by atoms with Crippen molar-refractivity contribution in [2.45, 2.75) is 26.8 Å². The zero-order valence-corrected chi connectivity index (χ0v) is 15.1. The van der Waals surface area contributed by atoms with E-state index in [2.05, 4.69) is 5.32 Å². The van der Waals surface area contributed by atoms with Gasteiger partial charge in [0.15, 0.2) is 6.61 Å². The van der Waals surface area contributed by atoms with Gasteiger partial charge in [0.1, 0.15) is 17.3 Å². The highest BCUT2D eigenvalue weighted by molar-refractivity contribution is 5.77. The van der Waals surface area contributed by atoms with Crippen LogP contribution in [-0.2, 0) is 4.79 Å². The van der Waals surface area contributed by atoms with E-state index in [-0.39, 0.29) is 18.6 Å². The van der Waals surface area contributed by atoms with Gasteiger partial charge in [-0.2, -0.15) is 0 Å². The second-order valence-corrected chi connectivity index (χ2v) is 6.27. The fraction of sp³-hybridized carbons (Fsp3) is 0.421. The molecule has 1 N–H and O–H groups in total. The molecule has 0 saturated carbocycles. The van der Waals surface area contributed by atoms with Crippen LogP contribution in [0.3, 0.4) is 0 Å². The Labute approximate surface area is 143 Å². The smallest absolute Gasteiger partial charge is 0.258 e. The van der Waals surface area contributed by atoms with E-state index in [1.165, 1.54) is 5.56 Å². The number of carbonyl (C=O) groups is 1. The molecule has 5 nitrogen and oxygen atoms in total. The molecule has 0 fully saturated rings. The summed E-state index contributed by atoms with van der Waals surface area (Å²) in [4.78, 5) is 14.1. The Morgan fingerprint density at radius 1 is 1.17 bits per heavy atom. The molecule has 0 saturated heterocycles. The van der Waals surface area contributed by atoms with E-state index in [4.69, 9.17) is 9.15 Å². The summed E-state index contributed by atoms with van der Waals surface area (Å²) in [5.41, 5.74) is 2.35. The zero-order valence-electron chi connectivity index (χ0n) is 15.1. The molecular weight excluding hydrogens is 304 g/mol. The van der Waals surface area contributed by atoms with Gasteiger partial charge in [0.25, 0.3) is 5.91 Å². The number of nitrogens with one attached hydrogen (secondary N) is 1. The molecule has 24 heavy (non-hydrogen) atoms. The number of benzene rings is 1. The molecule has 0 aliphatic rings. The molecule has 0 bridgehead atoms. The largest absolute Gasteiger partial charge is 0.484 e. The van der Waals surface area contributed by atoms with Crippen molar-refractivity contribution in [1.29, 1.82) is 0 Å². The van der Waals surface area contributed by atoms with E-state index in [9.17, 15) is 4.79 Å². The van der Waals surface area contributed by atoms with Crippen molar-refractivity contribution in [3.63, 3.8) is 0 Å². The Morgan fingerprint density at radius 2 is 1.92 bits per heavy atom. The van der Waals surface area contributed by atoms with Crippen LogP contribution in [0.2, 0.25) is 0 Å². The first-order valence-corrected chi connectivity index (χ1v) is 8.06. The average Bonchev–Trinajstić information content (AvgIpc) is 2.94. The second-order valence-electron chi connectivity index (χ2n) is 6.27. The van der Waals surface area contributed by atoms with Crippen LogP contribution in [0.25, 0.3) is 0 Å². The van der Waals surface area contributed by atoms with Crippen LogP contribution in [0, 0.1) is 20.8 Å². The monoisotopic (exact) mass is 330 g/mol. The Hall–Kier alpha value is -2.27. The summed E-state index contributed by atoms with van der Waals surface area (Å²) >= 11 is 0. The molecule has 1 aromatic heterocycles. The highest BCUT2D eigenvalue weighted by Crippen LogP contribution is 2.20. The lowest BCUT2D eigenvalue weighted by atomic mass is 10.1. The Morgan fingerprint density at radius 3 is 2.50 bits per heavy atom. The highest BCUT2D eigenvalue weighted by atomic mass is 16.5. The van der Waals surface area contributed by atoms with E-state index >= 15 is 0 Å². The Kier molecular flexibility index (Phi) is 6.04. The van der Waals surface area contributed by atoms with E-state index in [1.54, 1.807) is 0 Å². The fourth-order valence-electron chi connectivity index (χ4n) is 2.38. The lowest BCUT2D eigenvalue weighted by Crippen LogP contribution is -2.36. The van der Waals surface area contributed by atoms with Crippen LogP contribution >= 0.6 is 0 Å². The lowest BCUT2D eigenvalue weighted by Gasteiger charge is -2.22. The first-order valence-electron chi connectivity index (χ1n) is 8.06. The van der Waals surface area contributed by atoms with Gasteiger partial charge in [-0.15, -0.1) is 0 Å². The minimum atomic E-state index is -0.150. The third-order valence-corrected chi connectivity index (χ3v) is 4.05. The summed E-state index contributed by atoms with van der Waals surface area (Å²) in [5.74, 6) is 2.26. The number of rotatable bonds is 7. The molecule has 5 heteroatoms. The number of furan rings is 1. The summed E-state index contributed by atoms with van der Waals surface area (Å²) in [5, 5.41) is 2.90. The van der Waals surface area contributed by atoms with Crippen LogP contribution < -0.4 is 10.1 Å². The SMILES string of the molecule is Cc1ccc(C(CNC(=O)COc2ccc(C)c(C)c2)N(C)C)o1. The number of amides is 1. The van der Waals surface area contributed by atoms with Crippen LogP contribution in [-0.4, -0.2) is 38.1 Å². The van der Waals surface area contributed by atoms with Gasteiger partial charge >= 0.3 is 0 Å². The molecule has 130 valence electrons. The maximum Gasteiger partial charge on any atom is 0.258 e. The third kappa shape index (κ3) is 4.86. The number of carbonyl (C=O) groups excluding carboxylic acids is 1. The molecule has 1 heterocycles. The predicted molar refractivity (Wildman–Crippen MR) is 94.3 cm³/mol. The fourth-order valence-corrected chi connectivity index (χ4v) is 2.38. The Balaban J connectivity index is 1.86. The molecule has 1 amide bonds. The van der Waals surface area contributed by atoms with Gasteiger partial charge in [-0.05, 0) is 70.3 Å². The second kappa shape index (κ2) is 8.02. The molecule has 0 aliphatic heterocycles. The summed E-state index contributed by atoms with van der Waals surface area (Å²) in [6.07, 6.45) is 0. The van der Waals surface area contributed by atoms with Crippen LogP contribution in [0.15, 0.2) is 34.7 Å². The molecule has 0 aliphatic carbocycles. The highest BCUT2D eigenvalue weighted by Gasteiger charge is 2.18. The van der Waals surface area contributed by atoms with Crippen molar-refractivity contribution in [2.24, 2.45) is 0 Å². The average molecular weight is 330 g/mol. The van der Waals surface area contributed by atoms with E-state index in [1.807, 2.05) is 70.1 Å². The lowest BCUT2D eigenvalue weighted by molar-refractivity contribution is -0.123. The summed E-state index contributed by atoms with van der Waals surface area (Å²) in [7, 11) is 3.92. The molecule has 1 unspecified atom stereocenters. The summed E-state index contributed by atoms with van der Waals surface area (Å²) in [6.45, 7) is 6.44. The number of ether oxygens (including phenoxy) is 1. The van der Waals surface area contributed by atoms with E-state index in [0.717, 1.165) is 17.1 Å². The van der Waals surface area contributed by atoms with Crippen molar-refractivity contribution >= 4 is 5.91 Å². The van der Waals surface area contributed by atoms with E-state index in [0.29, 0.717) is 12.3 Å². The van der Waals surface area contributed by atoms with Gasteiger partial charge in [-0.3, -0.25) is 9.69 Å². The first-order chi connectivity index (χ1) is 11.4. The van der Waals surface area contributed by atoms with Crippen molar-refractivity contribution in [2.75, 3.05) is 27.2 Å². The van der Waals surface area contributed by atoms with Gasteiger partial charge in [-0.25, -0.2) is 0 Å². The third-order valence-electron chi connectivity index (χ3n) is 4.05. The standard InChI is InChI=1S/C19H26N2O3/c1-13-6-8-16(10-14(13)2)23-12-19(22)20-11-17(21(4)5)18-9-7-15(3)24-18/h6-10,17H,11-12H2,1-5H3,(H,20,22). The van der Waals surface area contributed by atoms with E-state index < -0.39 is 0 Å². The maximum absolute atomic E-state index is 12.0. The molecule has 0 radical (unpaired) electrons. The first kappa shape index (κ1) is 18.1. The number of aryl methyl sites for hydroxylation is 3. The van der Waals surface area contributed by atoms with Crippen molar-refractivity contribution in [3.05, 3.63) is 53.0 Å². The van der Waals surface area contributed by atoms with Gasteiger partial charge in [0.05, 0.1) is 6.04 Å².